The van der Waals surface area contributed by atoms with Crippen LogP contribution in [-0.4, -0.2) is 29.1 Å². The number of aliphatic carboxylic acids is 1. The minimum absolute atomic E-state index is 0.0712. The third-order valence-corrected chi connectivity index (χ3v) is 4.77. The first kappa shape index (κ1) is 13.6. The van der Waals surface area contributed by atoms with Crippen LogP contribution in [0.25, 0.3) is 0 Å². The number of carboxylic acids is 1. The second kappa shape index (κ2) is 5.57. The fourth-order valence-electron chi connectivity index (χ4n) is 3.52. The predicted molar refractivity (Wildman–Crippen MR) is 78.7 cm³/mol. The van der Waals surface area contributed by atoms with Crippen LogP contribution < -0.4 is 0 Å². The standard InChI is InChI=1S/C17H23NO2/c19-16(20)12-17(8-9-17)15-7-3-2-6-14(15)13-18-10-4-1-5-11-18/h2-3,6-7H,1,4-5,8-13H2,(H,19,20). The molecule has 3 rings (SSSR count). The van der Waals surface area contributed by atoms with Crippen molar-refractivity contribution in [1.29, 1.82) is 0 Å². The third-order valence-electron chi connectivity index (χ3n) is 4.77. The van der Waals surface area contributed by atoms with E-state index in [0.717, 1.165) is 19.4 Å². The summed E-state index contributed by atoms with van der Waals surface area (Å²) in [7, 11) is 0. The quantitative estimate of drug-likeness (QED) is 0.895. The van der Waals surface area contributed by atoms with Gasteiger partial charge in [-0.05, 0) is 49.9 Å². The molecule has 2 aliphatic rings. The molecule has 1 aromatic rings. The first-order valence-electron chi connectivity index (χ1n) is 7.72. The topological polar surface area (TPSA) is 40.5 Å². The highest BCUT2D eigenvalue weighted by molar-refractivity contribution is 5.70. The first-order valence-corrected chi connectivity index (χ1v) is 7.72. The second-order valence-corrected chi connectivity index (χ2v) is 6.34. The van der Waals surface area contributed by atoms with Gasteiger partial charge in [0.05, 0.1) is 6.42 Å². The Kier molecular flexibility index (Phi) is 3.79. The highest BCUT2D eigenvalue weighted by Crippen LogP contribution is 2.52. The Hall–Kier alpha value is -1.35. The molecule has 1 saturated heterocycles. The maximum atomic E-state index is 11.1. The molecule has 0 bridgehead atoms. The fourth-order valence-corrected chi connectivity index (χ4v) is 3.52. The molecular weight excluding hydrogens is 250 g/mol. The molecule has 2 fully saturated rings. The van der Waals surface area contributed by atoms with Crippen molar-refractivity contribution in [2.24, 2.45) is 0 Å². The summed E-state index contributed by atoms with van der Waals surface area (Å²) >= 11 is 0. The summed E-state index contributed by atoms with van der Waals surface area (Å²) in [5, 5.41) is 9.15. The number of carbonyl (C=O) groups is 1. The maximum absolute atomic E-state index is 11.1. The molecule has 3 nitrogen and oxygen atoms in total. The second-order valence-electron chi connectivity index (χ2n) is 6.34. The Labute approximate surface area is 120 Å². The maximum Gasteiger partial charge on any atom is 0.304 e. The molecule has 1 N–H and O–H groups in total. The lowest BCUT2D eigenvalue weighted by Crippen LogP contribution is -2.30. The lowest BCUT2D eigenvalue weighted by Gasteiger charge is -2.28. The van der Waals surface area contributed by atoms with Gasteiger partial charge in [0.2, 0.25) is 0 Å². The molecule has 0 spiro atoms. The highest BCUT2D eigenvalue weighted by atomic mass is 16.4. The fraction of sp³-hybridized carbons (Fsp3) is 0.588. The average molecular weight is 273 g/mol. The van der Waals surface area contributed by atoms with Crippen molar-refractivity contribution in [3.05, 3.63) is 35.4 Å². The van der Waals surface area contributed by atoms with Gasteiger partial charge in [-0.3, -0.25) is 9.69 Å². The van der Waals surface area contributed by atoms with E-state index >= 15 is 0 Å². The lowest BCUT2D eigenvalue weighted by molar-refractivity contribution is -0.137. The number of piperidine rings is 1. The van der Waals surface area contributed by atoms with Crippen molar-refractivity contribution in [2.75, 3.05) is 13.1 Å². The minimum atomic E-state index is -0.671. The molecule has 108 valence electrons. The van der Waals surface area contributed by atoms with Crippen molar-refractivity contribution >= 4 is 5.97 Å². The van der Waals surface area contributed by atoms with Crippen molar-refractivity contribution in [1.82, 2.24) is 4.90 Å². The molecular formula is C17H23NO2. The molecule has 0 unspecified atom stereocenters. The van der Waals surface area contributed by atoms with Gasteiger partial charge in [0.25, 0.3) is 0 Å². The average Bonchev–Trinajstić information content (AvgIpc) is 3.20. The first-order chi connectivity index (χ1) is 9.70. The Balaban J connectivity index is 1.79. The predicted octanol–water partition coefficient (Wildman–Crippen LogP) is 3.18. The van der Waals surface area contributed by atoms with Gasteiger partial charge < -0.3 is 5.11 Å². The van der Waals surface area contributed by atoms with E-state index in [1.54, 1.807) is 0 Å². The van der Waals surface area contributed by atoms with Gasteiger partial charge in [0.1, 0.15) is 0 Å². The van der Waals surface area contributed by atoms with E-state index in [4.69, 9.17) is 5.11 Å². The number of hydrogen-bond acceptors (Lipinski definition) is 2. The van der Waals surface area contributed by atoms with Crippen LogP contribution in [0, 0.1) is 0 Å². The Bertz CT molecular complexity index is 488. The van der Waals surface area contributed by atoms with Gasteiger partial charge in [0, 0.05) is 12.0 Å². The van der Waals surface area contributed by atoms with E-state index in [9.17, 15) is 4.79 Å². The smallest absolute Gasteiger partial charge is 0.304 e. The number of nitrogens with zero attached hydrogens (tertiary/aromatic N) is 1. The van der Waals surface area contributed by atoms with Crippen molar-refractivity contribution in [3.63, 3.8) is 0 Å². The summed E-state index contributed by atoms with van der Waals surface area (Å²) in [6.45, 7) is 3.35. The zero-order chi connectivity index (χ0) is 14.0. The SMILES string of the molecule is O=C(O)CC1(c2ccccc2CN2CCCCC2)CC1. The molecule has 0 radical (unpaired) electrons. The third kappa shape index (κ3) is 2.88. The van der Waals surface area contributed by atoms with E-state index in [-0.39, 0.29) is 11.8 Å². The molecule has 1 aliphatic heterocycles. The largest absolute Gasteiger partial charge is 0.481 e. The summed E-state index contributed by atoms with van der Waals surface area (Å²) in [6, 6.07) is 8.47. The van der Waals surface area contributed by atoms with Gasteiger partial charge in [-0.15, -0.1) is 0 Å². The summed E-state index contributed by atoms with van der Waals surface area (Å²) < 4.78 is 0. The summed E-state index contributed by atoms with van der Waals surface area (Å²) in [5.41, 5.74) is 2.55. The van der Waals surface area contributed by atoms with Crippen LogP contribution in [-0.2, 0) is 16.8 Å². The number of hydrogen-bond donors (Lipinski definition) is 1. The van der Waals surface area contributed by atoms with E-state index in [2.05, 4.69) is 29.2 Å². The Morgan fingerprint density at radius 2 is 1.85 bits per heavy atom. The van der Waals surface area contributed by atoms with E-state index < -0.39 is 5.97 Å². The van der Waals surface area contributed by atoms with Gasteiger partial charge in [-0.25, -0.2) is 0 Å². The van der Waals surface area contributed by atoms with E-state index in [0.29, 0.717) is 0 Å². The van der Waals surface area contributed by atoms with Crippen LogP contribution >= 0.6 is 0 Å². The van der Waals surface area contributed by atoms with E-state index in [1.165, 1.54) is 43.5 Å². The van der Waals surface area contributed by atoms with Gasteiger partial charge in [-0.1, -0.05) is 30.7 Å². The molecule has 1 aromatic carbocycles. The highest BCUT2D eigenvalue weighted by Gasteiger charge is 2.47. The van der Waals surface area contributed by atoms with Crippen LogP contribution in [0.3, 0.4) is 0 Å². The summed E-state index contributed by atoms with van der Waals surface area (Å²) in [4.78, 5) is 13.6. The van der Waals surface area contributed by atoms with Crippen LogP contribution in [0.2, 0.25) is 0 Å². The van der Waals surface area contributed by atoms with Gasteiger partial charge >= 0.3 is 5.97 Å². The molecule has 20 heavy (non-hydrogen) atoms. The van der Waals surface area contributed by atoms with E-state index in [1.807, 2.05) is 0 Å². The number of rotatable bonds is 5. The minimum Gasteiger partial charge on any atom is -0.481 e. The van der Waals surface area contributed by atoms with Gasteiger partial charge in [-0.2, -0.15) is 0 Å². The van der Waals surface area contributed by atoms with Crippen molar-refractivity contribution < 1.29 is 9.90 Å². The number of likely N-dealkylation sites (tertiary alicyclic amines) is 1. The molecule has 1 heterocycles. The zero-order valence-corrected chi connectivity index (χ0v) is 12.0. The summed E-state index contributed by atoms with van der Waals surface area (Å²) in [6.07, 6.45) is 6.27. The lowest BCUT2D eigenvalue weighted by atomic mass is 9.88. The molecule has 1 aliphatic carbocycles. The van der Waals surface area contributed by atoms with Crippen LogP contribution in [0.15, 0.2) is 24.3 Å². The zero-order valence-electron chi connectivity index (χ0n) is 12.0. The normalized spacial score (nSPS) is 21.6. The van der Waals surface area contributed by atoms with Gasteiger partial charge in [0.15, 0.2) is 0 Å². The monoisotopic (exact) mass is 273 g/mol. The molecule has 1 saturated carbocycles. The Morgan fingerprint density at radius 1 is 1.15 bits per heavy atom. The number of carboxylic acid groups (broad SMARTS) is 1. The number of benzene rings is 1. The molecule has 0 amide bonds. The van der Waals surface area contributed by atoms with Crippen molar-refractivity contribution in [3.8, 4) is 0 Å². The van der Waals surface area contributed by atoms with Crippen LogP contribution in [0.5, 0.6) is 0 Å². The molecule has 0 atom stereocenters. The molecule has 0 aromatic heterocycles. The molecule has 3 heteroatoms. The van der Waals surface area contributed by atoms with Crippen molar-refractivity contribution in [2.45, 2.75) is 50.5 Å². The Morgan fingerprint density at radius 3 is 2.50 bits per heavy atom. The van der Waals surface area contributed by atoms with Crippen LogP contribution in [0.1, 0.15) is 49.7 Å². The van der Waals surface area contributed by atoms with Crippen LogP contribution in [0.4, 0.5) is 0 Å². The summed E-state index contributed by atoms with van der Waals surface area (Å²) in [5.74, 6) is -0.671.